The minimum Gasteiger partial charge on any atom is -0.444 e. The average molecular weight is 436 g/mol. The van der Waals surface area contributed by atoms with E-state index in [-0.39, 0.29) is 18.2 Å². The van der Waals surface area contributed by atoms with Gasteiger partial charge in [0, 0.05) is 6.04 Å². The van der Waals surface area contributed by atoms with Crippen LogP contribution in [-0.4, -0.2) is 35.3 Å². The molecular formula is C27H49NO3. The molecule has 0 radical (unpaired) electrons. The Balaban J connectivity index is 0.000000846. The molecule has 1 aliphatic heterocycles. The third kappa shape index (κ3) is 15.8. The number of carbonyl (C=O) groups excluding carboxylic acids is 1. The van der Waals surface area contributed by atoms with E-state index in [0.29, 0.717) is 18.6 Å². The van der Waals surface area contributed by atoms with Gasteiger partial charge in [0.25, 0.3) is 0 Å². The van der Waals surface area contributed by atoms with Gasteiger partial charge in [0.15, 0.2) is 0 Å². The molecule has 1 amide bonds. The largest absolute Gasteiger partial charge is 0.444 e. The van der Waals surface area contributed by atoms with E-state index in [4.69, 9.17) is 9.47 Å². The van der Waals surface area contributed by atoms with E-state index in [1.54, 1.807) is 0 Å². The Labute approximate surface area is 192 Å². The Morgan fingerprint density at radius 3 is 1.90 bits per heavy atom. The molecule has 0 aromatic heterocycles. The molecule has 4 heteroatoms. The lowest BCUT2D eigenvalue weighted by atomic mass is 10.0. The van der Waals surface area contributed by atoms with Crippen LogP contribution in [0, 0.1) is 5.41 Å². The Kier molecular flexibility index (Phi) is 13.8. The van der Waals surface area contributed by atoms with Gasteiger partial charge >= 0.3 is 6.09 Å². The molecule has 0 aliphatic carbocycles. The quantitative estimate of drug-likeness (QED) is 0.472. The summed E-state index contributed by atoms with van der Waals surface area (Å²) in [7, 11) is 0. The Bertz CT molecular complexity index is 579. The van der Waals surface area contributed by atoms with Crippen LogP contribution in [0.15, 0.2) is 30.3 Å². The SMILES string of the molecule is CC(C)(C)C.CCCC.CC[C@@H]1CC(OCc2ccccc2)CN1C(=O)OC(C)(C)C. The number of ether oxygens (including phenoxy) is 2. The van der Waals surface area contributed by atoms with E-state index in [9.17, 15) is 4.79 Å². The molecule has 2 atom stereocenters. The molecular weight excluding hydrogens is 386 g/mol. The van der Waals surface area contributed by atoms with Gasteiger partial charge in [0.2, 0.25) is 0 Å². The summed E-state index contributed by atoms with van der Waals surface area (Å²) in [6.45, 7) is 22.1. The first-order valence-electron chi connectivity index (χ1n) is 12.0. The highest BCUT2D eigenvalue weighted by molar-refractivity contribution is 5.69. The van der Waals surface area contributed by atoms with Crippen LogP contribution in [0.2, 0.25) is 0 Å². The fourth-order valence-electron chi connectivity index (χ4n) is 2.71. The van der Waals surface area contributed by atoms with Gasteiger partial charge < -0.3 is 14.4 Å². The molecule has 0 N–H and O–H groups in total. The first-order valence-corrected chi connectivity index (χ1v) is 12.0. The first kappa shape index (κ1) is 29.5. The van der Waals surface area contributed by atoms with Crippen LogP contribution in [0.25, 0.3) is 0 Å². The second-order valence-corrected chi connectivity index (χ2v) is 10.8. The predicted molar refractivity (Wildman–Crippen MR) is 132 cm³/mol. The van der Waals surface area contributed by atoms with E-state index in [1.165, 1.54) is 12.8 Å². The van der Waals surface area contributed by atoms with Crippen LogP contribution in [0.3, 0.4) is 0 Å². The first-order chi connectivity index (χ1) is 14.3. The third-order valence-corrected chi connectivity index (χ3v) is 4.30. The molecule has 1 aromatic rings. The van der Waals surface area contributed by atoms with Gasteiger partial charge in [0.1, 0.15) is 5.60 Å². The zero-order chi connectivity index (χ0) is 24.1. The molecule has 2 rings (SSSR count). The molecule has 31 heavy (non-hydrogen) atoms. The lowest BCUT2D eigenvalue weighted by Crippen LogP contribution is -2.40. The molecule has 0 spiro atoms. The molecule has 0 bridgehead atoms. The smallest absolute Gasteiger partial charge is 0.410 e. The summed E-state index contributed by atoms with van der Waals surface area (Å²) >= 11 is 0. The van der Waals surface area contributed by atoms with Crippen LogP contribution in [0.1, 0.15) is 100 Å². The summed E-state index contributed by atoms with van der Waals surface area (Å²) in [5, 5.41) is 0. The zero-order valence-corrected chi connectivity index (χ0v) is 22.0. The number of nitrogens with zero attached hydrogens (tertiary/aromatic N) is 1. The predicted octanol–water partition coefficient (Wildman–Crippen LogP) is 7.85. The molecule has 1 saturated heterocycles. The highest BCUT2D eigenvalue weighted by atomic mass is 16.6. The molecule has 1 unspecified atom stereocenters. The second kappa shape index (κ2) is 14.5. The Hall–Kier alpha value is -1.55. The van der Waals surface area contributed by atoms with Crippen molar-refractivity contribution in [3.05, 3.63) is 35.9 Å². The standard InChI is InChI=1S/C18H27NO3.C5H12.C4H10/c1-5-15-11-16(21-13-14-9-7-6-8-10-14)12-19(15)17(20)22-18(2,3)4;1-5(2,3)4;1-3-4-2/h6-10,15-16H,5,11-13H2,1-4H3;1-4H3;3-4H2,1-2H3/t15-,16?;;/m1../s1. The van der Waals surface area contributed by atoms with Crippen LogP contribution in [0.4, 0.5) is 4.79 Å². The fraction of sp³-hybridized carbons (Fsp3) is 0.741. The molecule has 1 heterocycles. The van der Waals surface area contributed by atoms with Crippen molar-refractivity contribution in [2.75, 3.05) is 6.54 Å². The van der Waals surface area contributed by atoms with Gasteiger partial charge in [-0.2, -0.15) is 0 Å². The number of unbranched alkanes of at least 4 members (excludes halogenated alkanes) is 1. The topological polar surface area (TPSA) is 38.8 Å². The van der Waals surface area contributed by atoms with Crippen LogP contribution < -0.4 is 0 Å². The fourth-order valence-corrected chi connectivity index (χ4v) is 2.71. The number of rotatable bonds is 5. The van der Waals surface area contributed by atoms with Gasteiger partial charge in [-0.1, -0.05) is 91.6 Å². The summed E-state index contributed by atoms with van der Waals surface area (Å²) in [5.74, 6) is 0. The van der Waals surface area contributed by atoms with Gasteiger partial charge in [0.05, 0.1) is 19.3 Å². The molecule has 1 fully saturated rings. The van der Waals surface area contributed by atoms with Crippen molar-refractivity contribution in [1.82, 2.24) is 4.90 Å². The Morgan fingerprint density at radius 1 is 0.968 bits per heavy atom. The van der Waals surface area contributed by atoms with Crippen molar-refractivity contribution in [3.8, 4) is 0 Å². The van der Waals surface area contributed by atoms with Crippen LogP contribution in [0.5, 0.6) is 0 Å². The molecule has 180 valence electrons. The minimum absolute atomic E-state index is 0.0812. The Morgan fingerprint density at radius 2 is 1.48 bits per heavy atom. The van der Waals surface area contributed by atoms with Crippen LogP contribution in [-0.2, 0) is 16.1 Å². The maximum atomic E-state index is 12.3. The number of likely N-dealkylation sites (tertiary alicyclic amines) is 1. The second-order valence-electron chi connectivity index (χ2n) is 10.8. The summed E-state index contributed by atoms with van der Waals surface area (Å²) < 4.78 is 11.5. The van der Waals surface area contributed by atoms with Gasteiger partial charge in [-0.25, -0.2) is 4.79 Å². The number of amides is 1. The lowest BCUT2D eigenvalue weighted by molar-refractivity contribution is 0.0148. The van der Waals surface area contributed by atoms with E-state index in [2.05, 4.69) is 60.6 Å². The highest BCUT2D eigenvalue weighted by Crippen LogP contribution is 2.25. The van der Waals surface area contributed by atoms with Crippen LogP contribution >= 0.6 is 0 Å². The highest BCUT2D eigenvalue weighted by Gasteiger charge is 2.37. The zero-order valence-electron chi connectivity index (χ0n) is 22.0. The summed E-state index contributed by atoms with van der Waals surface area (Å²) in [5.41, 5.74) is 1.20. The monoisotopic (exact) mass is 435 g/mol. The maximum absolute atomic E-state index is 12.3. The van der Waals surface area contributed by atoms with E-state index in [0.717, 1.165) is 18.4 Å². The van der Waals surface area contributed by atoms with Crippen molar-refractivity contribution in [2.24, 2.45) is 5.41 Å². The summed E-state index contributed by atoms with van der Waals surface area (Å²) in [6.07, 6.45) is 4.29. The number of benzene rings is 1. The number of carbonyl (C=O) groups is 1. The van der Waals surface area contributed by atoms with Gasteiger partial charge in [-0.3, -0.25) is 0 Å². The summed E-state index contributed by atoms with van der Waals surface area (Å²) in [6, 6.07) is 10.3. The van der Waals surface area contributed by atoms with Crippen molar-refractivity contribution in [1.29, 1.82) is 0 Å². The average Bonchev–Trinajstić information content (AvgIpc) is 3.08. The minimum atomic E-state index is -0.460. The molecule has 1 aliphatic rings. The third-order valence-electron chi connectivity index (χ3n) is 4.30. The van der Waals surface area contributed by atoms with Crippen molar-refractivity contribution < 1.29 is 14.3 Å². The maximum Gasteiger partial charge on any atom is 0.410 e. The lowest BCUT2D eigenvalue weighted by Gasteiger charge is -2.27. The van der Waals surface area contributed by atoms with Crippen molar-refractivity contribution in [3.63, 3.8) is 0 Å². The van der Waals surface area contributed by atoms with Gasteiger partial charge in [-0.15, -0.1) is 0 Å². The van der Waals surface area contributed by atoms with E-state index < -0.39 is 5.60 Å². The number of hydrogen-bond acceptors (Lipinski definition) is 3. The van der Waals surface area contributed by atoms with E-state index >= 15 is 0 Å². The normalized spacial score (nSPS) is 18.5. The van der Waals surface area contributed by atoms with Gasteiger partial charge in [-0.05, 0) is 44.6 Å². The van der Waals surface area contributed by atoms with E-state index in [1.807, 2.05) is 43.9 Å². The molecule has 4 nitrogen and oxygen atoms in total. The number of hydrogen-bond donors (Lipinski definition) is 0. The molecule has 1 aromatic carbocycles. The van der Waals surface area contributed by atoms with Crippen molar-refractivity contribution in [2.45, 2.75) is 119 Å². The molecule has 0 saturated carbocycles. The summed E-state index contributed by atoms with van der Waals surface area (Å²) in [4.78, 5) is 14.1. The van der Waals surface area contributed by atoms with Crippen molar-refractivity contribution >= 4 is 6.09 Å².